The zero-order chi connectivity index (χ0) is 17.6. The third-order valence-electron chi connectivity index (χ3n) is 4.74. The number of halogens is 3. The molecule has 1 aromatic carbocycles. The van der Waals surface area contributed by atoms with Crippen LogP contribution in [0, 0.1) is 11.8 Å². The Labute approximate surface area is 138 Å². The molecule has 0 unspecified atom stereocenters. The second kappa shape index (κ2) is 5.83. The molecule has 0 fully saturated rings. The average molecular weight is 338 g/mol. The van der Waals surface area contributed by atoms with Gasteiger partial charge in [0.25, 0.3) is 0 Å². The number of anilines is 1. The van der Waals surface area contributed by atoms with Crippen molar-refractivity contribution in [3.05, 3.63) is 39.7 Å². The van der Waals surface area contributed by atoms with Crippen molar-refractivity contribution < 1.29 is 13.2 Å². The third kappa shape index (κ3) is 3.01. The first-order valence-corrected chi connectivity index (χ1v) is 8.19. The van der Waals surface area contributed by atoms with E-state index in [-0.39, 0.29) is 16.8 Å². The standard InChI is InChI=1S/C18H21F3N2O/c1-9(2)4-11-10(3)8-22-15-7-16-13(5-12(11)15)14(18(19,20)21)6-17(24)23-16/h5-7,9-11,22H,4,8H2,1-3H3,(H,23,24)/t10-,11+/m1/s1. The number of nitrogens with one attached hydrogen (secondary N) is 2. The molecule has 1 aliphatic rings. The van der Waals surface area contributed by atoms with Gasteiger partial charge in [-0.25, -0.2) is 0 Å². The molecule has 0 bridgehead atoms. The number of benzene rings is 1. The summed E-state index contributed by atoms with van der Waals surface area (Å²) >= 11 is 0. The summed E-state index contributed by atoms with van der Waals surface area (Å²) in [4.78, 5) is 14.1. The minimum Gasteiger partial charge on any atom is -0.384 e. The molecule has 0 amide bonds. The number of rotatable bonds is 2. The van der Waals surface area contributed by atoms with Gasteiger partial charge in [-0.15, -0.1) is 0 Å². The van der Waals surface area contributed by atoms with Crippen LogP contribution in [0.15, 0.2) is 23.0 Å². The molecule has 0 spiro atoms. The van der Waals surface area contributed by atoms with Crippen LogP contribution in [-0.2, 0) is 6.18 Å². The first-order chi connectivity index (χ1) is 11.2. The average Bonchev–Trinajstić information content (AvgIpc) is 2.46. The molecule has 130 valence electrons. The number of fused-ring (bicyclic) bond motifs is 2. The summed E-state index contributed by atoms with van der Waals surface area (Å²) in [6.07, 6.45) is -3.63. The first kappa shape index (κ1) is 16.9. The lowest BCUT2D eigenvalue weighted by Crippen LogP contribution is -2.27. The van der Waals surface area contributed by atoms with Gasteiger partial charge in [0.2, 0.25) is 5.56 Å². The minimum absolute atomic E-state index is 0.0607. The van der Waals surface area contributed by atoms with Gasteiger partial charge in [-0.1, -0.05) is 20.8 Å². The Morgan fingerprint density at radius 1 is 1.25 bits per heavy atom. The molecule has 1 aromatic heterocycles. The van der Waals surface area contributed by atoms with E-state index in [9.17, 15) is 18.0 Å². The SMILES string of the molecule is CC(C)C[C@@H]1c2cc3c(C(F)(F)F)cc(=O)[nH]c3cc2NC[C@H]1C. The molecule has 0 radical (unpaired) electrons. The lowest BCUT2D eigenvalue weighted by Gasteiger charge is -2.34. The molecule has 0 saturated carbocycles. The number of hydrogen-bond acceptors (Lipinski definition) is 2. The Bertz CT molecular complexity index is 823. The summed E-state index contributed by atoms with van der Waals surface area (Å²) in [5, 5.41) is 3.34. The maximum absolute atomic E-state index is 13.3. The molecule has 6 heteroatoms. The summed E-state index contributed by atoms with van der Waals surface area (Å²) in [6, 6.07) is 3.89. The van der Waals surface area contributed by atoms with Crippen LogP contribution in [0.25, 0.3) is 10.9 Å². The van der Waals surface area contributed by atoms with E-state index in [1.165, 1.54) is 0 Å². The fraction of sp³-hybridized carbons (Fsp3) is 0.500. The van der Waals surface area contributed by atoms with Gasteiger partial charge in [-0.05, 0) is 41.9 Å². The molecular formula is C18H21F3N2O. The smallest absolute Gasteiger partial charge is 0.384 e. The fourth-order valence-corrected chi connectivity index (χ4v) is 3.60. The van der Waals surface area contributed by atoms with E-state index >= 15 is 0 Å². The van der Waals surface area contributed by atoms with Crippen LogP contribution < -0.4 is 10.9 Å². The summed E-state index contributed by atoms with van der Waals surface area (Å²) in [7, 11) is 0. The van der Waals surface area contributed by atoms with Crippen molar-refractivity contribution in [3.63, 3.8) is 0 Å². The Hall–Kier alpha value is -1.98. The third-order valence-corrected chi connectivity index (χ3v) is 4.74. The number of aromatic nitrogens is 1. The van der Waals surface area contributed by atoms with E-state index in [1.807, 2.05) is 0 Å². The van der Waals surface area contributed by atoms with Gasteiger partial charge in [-0.3, -0.25) is 4.79 Å². The summed E-state index contributed by atoms with van der Waals surface area (Å²) in [6.45, 7) is 7.13. The molecule has 24 heavy (non-hydrogen) atoms. The van der Waals surface area contributed by atoms with E-state index in [0.29, 0.717) is 17.9 Å². The molecule has 2 atom stereocenters. The van der Waals surface area contributed by atoms with Crippen LogP contribution in [0.1, 0.15) is 44.2 Å². The van der Waals surface area contributed by atoms with Gasteiger partial charge in [-0.2, -0.15) is 13.2 Å². The lowest BCUT2D eigenvalue weighted by atomic mass is 9.77. The highest BCUT2D eigenvalue weighted by molar-refractivity contribution is 5.87. The molecule has 2 aromatic rings. The summed E-state index contributed by atoms with van der Waals surface area (Å²) in [5.74, 6) is 1.00. The number of H-pyrrole nitrogens is 1. The van der Waals surface area contributed by atoms with E-state index in [2.05, 4.69) is 31.1 Å². The predicted molar refractivity (Wildman–Crippen MR) is 89.4 cm³/mol. The quantitative estimate of drug-likeness (QED) is 0.831. The van der Waals surface area contributed by atoms with Crippen LogP contribution in [-0.4, -0.2) is 11.5 Å². The van der Waals surface area contributed by atoms with Crippen LogP contribution in [0.4, 0.5) is 18.9 Å². The van der Waals surface area contributed by atoms with Crippen molar-refractivity contribution in [2.24, 2.45) is 11.8 Å². The Morgan fingerprint density at radius 2 is 1.96 bits per heavy atom. The van der Waals surface area contributed by atoms with Gasteiger partial charge < -0.3 is 10.3 Å². The largest absolute Gasteiger partial charge is 0.417 e. The number of aromatic amines is 1. The lowest BCUT2D eigenvalue weighted by molar-refractivity contribution is -0.136. The second-order valence-corrected chi connectivity index (χ2v) is 7.12. The van der Waals surface area contributed by atoms with E-state index < -0.39 is 17.3 Å². The second-order valence-electron chi connectivity index (χ2n) is 7.12. The van der Waals surface area contributed by atoms with Crippen molar-refractivity contribution in [2.75, 3.05) is 11.9 Å². The van der Waals surface area contributed by atoms with E-state index in [4.69, 9.17) is 0 Å². The minimum atomic E-state index is -4.55. The Balaban J connectivity index is 2.25. The first-order valence-electron chi connectivity index (χ1n) is 8.19. The van der Waals surface area contributed by atoms with E-state index in [1.54, 1.807) is 12.1 Å². The van der Waals surface area contributed by atoms with Gasteiger partial charge in [0.05, 0.1) is 11.1 Å². The number of alkyl halides is 3. The van der Waals surface area contributed by atoms with Gasteiger partial charge in [0.15, 0.2) is 0 Å². The molecule has 2 heterocycles. The van der Waals surface area contributed by atoms with Gasteiger partial charge >= 0.3 is 6.18 Å². The monoisotopic (exact) mass is 338 g/mol. The highest BCUT2D eigenvalue weighted by Gasteiger charge is 2.35. The summed E-state index contributed by atoms with van der Waals surface area (Å²) in [5.41, 5.74) is 0.343. The van der Waals surface area contributed by atoms with Crippen molar-refractivity contribution >= 4 is 16.6 Å². The molecule has 0 aliphatic carbocycles. The number of pyridine rings is 1. The highest BCUT2D eigenvalue weighted by Crippen LogP contribution is 2.42. The highest BCUT2D eigenvalue weighted by atomic mass is 19.4. The normalized spacial score (nSPS) is 21.0. The summed E-state index contributed by atoms with van der Waals surface area (Å²) < 4.78 is 40.0. The van der Waals surface area contributed by atoms with Crippen LogP contribution in [0.5, 0.6) is 0 Å². The number of hydrogen-bond donors (Lipinski definition) is 2. The molecular weight excluding hydrogens is 317 g/mol. The molecule has 2 N–H and O–H groups in total. The Kier molecular flexibility index (Phi) is 4.10. The maximum atomic E-state index is 13.3. The molecule has 3 rings (SSSR count). The van der Waals surface area contributed by atoms with Gasteiger partial charge in [0.1, 0.15) is 0 Å². The van der Waals surface area contributed by atoms with Gasteiger partial charge in [0, 0.05) is 23.7 Å². The topological polar surface area (TPSA) is 44.9 Å². The predicted octanol–water partition coefficient (Wildman–Crippen LogP) is 4.74. The van der Waals surface area contributed by atoms with Crippen LogP contribution in [0.2, 0.25) is 0 Å². The zero-order valence-electron chi connectivity index (χ0n) is 13.9. The fourth-order valence-electron chi connectivity index (χ4n) is 3.60. The van der Waals surface area contributed by atoms with Crippen molar-refractivity contribution in [3.8, 4) is 0 Å². The molecule has 3 nitrogen and oxygen atoms in total. The van der Waals surface area contributed by atoms with Crippen molar-refractivity contribution in [1.82, 2.24) is 4.98 Å². The zero-order valence-corrected chi connectivity index (χ0v) is 13.9. The molecule has 0 saturated heterocycles. The van der Waals surface area contributed by atoms with Crippen LogP contribution in [0.3, 0.4) is 0 Å². The van der Waals surface area contributed by atoms with E-state index in [0.717, 1.165) is 24.2 Å². The van der Waals surface area contributed by atoms with Crippen molar-refractivity contribution in [2.45, 2.75) is 39.3 Å². The van der Waals surface area contributed by atoms with Crippen molar-refractivity contribution in [1.29, 1.82) is 0 Å². The maximum Gasteiger partial charge on any atom is 0.417 e. The molecule has 1 aliphatic heterocycles. The Morgan fingerprint density at radius 3 is 2.58 bits per heavy atom. The van der Waals surface area contributed by atoms with Crippen LogP contribution >= 0.6 is 0 Å².